The minimum atomic E-state index is -0.368. The second kappa shape index (κ2) is 7.23. The van der Waals surface area contributed by atoms with Gasteiger partial charge in [-0.25, -0.2) is 4.79 Å². The normalized spacial score (nSPS) is 9.17. The standard InChI is InChI=1S/C11H13N3O3S/c1-2-17-10(16)8-3-5-9(6-4-8)13-11(18)14-12-7-15/h3-7H,2H2,1H3,(H,12,15)(H2,13,14,18). The molecule has 1 rings (SSSR count). The van der Waals surface area contributed by atoms with E-state index in [1.54, 1.807) is 31.2 Å². The second-order valence-electron chi connectivity index (χ2n) is 3.14. The molecule has 0 heterocycles. The van der Waals surface area contributed by atoms with Gasteiger partial charge in [-0.3, -0.25) is 15.6 Å². The maximum Gasteiger partial charge on any atom is 0.338 e. The molecule has 0 radical (unpaired) electrons. The van der Waals surface area contributed by atoms with Gasteiger partial charge in [-0.05, 0) is 43.4 Å². The van der Waals surface area contributed by atoms with Gasteiger partial charge in [-0.15, -0.1) is 0 Å². The van der Waals surface area contributed by atoms with Gasteiger partial charge < -0.3 is 10.1 Å². The number of nitrogens with one attached hydrogen (secondary N) is 3. The summed E-state index contributed by atoms with van der Waals surface area (Å²) in [7, 11) is 0. The number of anilines is 1. The van der Waals surface area contributed by atoms with E-state index in [9.17, 15) is 9.59 Å². The molecule has 18 heavy (non-hydrogen) atoms. The van der Waals surface area contributed by atoms with E-state index >= 15 is 0 Å². The van der Waals surface area contributed by atoms with Gasteiger partial charge in [0.15, 0.2) is 5.11 Å². The van der Waals surface area contributed by atoms with E-state index in [4.69, 9.17) is 17.0 Å². The molecule has 96 valence electrons. The number of ether oxygens (including phenoxy) is 1. The van der Waals surface area contributed by atoms with Crippen molar-refractivity contribution in [1.82, 2.24) is 10.9 Å². The van der Waals surface area contributed by atoms with Crippen LogP contribution in [0.5, 0.6) is 0 Å². The molecule has 1 amide bonds. The van der Waals surface area contributed by atoms with Gasteiger partial charge in [0.1, 0.15) is 0 Å². The molecule has 1 aromatic rings. The Morgan fingerprint density at radius 2 is 2.06 bits per heavy atom. The Balaban J connectivity index is 2.57. The molecule has 0 atom stereocenters. The lowest BCUT2D eigenvalue weighted by atomic mass is 10.2. The van der Waals surface area contributed by atoms with Crippen LogP contribution < -0.4 is 16.2 Å². The van der Waals surface area contributed by atoms with Crippen LogP contribution in [-0.4, -0.2) is 24.1 Å². The molecule has 0 saturated heterocycles. The largest absolute Gasteiger partial charge is 0.462 e. The predicted octanol–water partition coefficient (Wildman–Crippen LogP) is 0.811. The molecule has 0 spiro atoms. The number of carbonyl (C=O) groups is 2. The van der Waals surface area contributed by atoms with Crippen molar-refractivity contribution in [3.8, 4) is 0 Å². The lowest BCUT2D eigenvalue weighted by Crippen LogP contribution is -2.39. The summed E-state index contributed by atoms with van der Waals surface area (Å²) in [5.74, 6) is -0.368. The Morgan fingerprint density at radius 1 is 1.39 bits per heavy atom. The van der Waals surface area contributed by atoms with Gasteiger partial charge in [0, 0.05) is 5.69 Å². The highest BCUT2D eigenvalue weighted by molar-refractivity contribution is 7.80. The minimum Gasteiger partial charge on any atom is -0.462 e. The Hall–Kier alpha value is -2.15. The Bertz CT molecular complexity index is 434. The van der Waals surface area contributed by atoms with Crippen LogP contribution in [0.25, 0.3) is 0 Å². The van der Waals surface area contributed by atoms with Crippen molar-refractivity contribution in [3.05, 3.63) is 29.8 Å². The third-order valence-electron chi connectivity index (χ3n) is 1.90. The summed E-state index contributed by atoms with van der Waals surface area (Å²) in [6, 6.07) is 6.61. The maximum absolute atomic E-state index is 11.4. The number of hydrazine groups is 1. The zero-order valence-corrected chi connectivity index (χ0v) is 10.5. The van der Waals surface area contributed by atoms with Crippen molar-refractivity contribution >= 4 is 35.4 Å². The van der Waals surface area contributed by atoms with Crippen LogP contribution >= 0.6 is 12.2 Å². The lowest BCUT2D eigenvalue weighted by molar-refractivity contribution is -0.110. The van der Waals surface area contributed by atoms with Crippen LogP contribution in [0.4, 0.5) is 5.69 Å². The van der Waals surface area contributed by atoms with Crippen LogP contribution in [0.2, 0.25) is 0 Å². The Morgan fingerprint density at radius 3 is 2.61 bits per heavy atom. The monoisotopic (exact) mass is 267 g/mol. The van der Waals surface area contributed by atoms with Gasteiger partial charge in [0.25, 0.3) is 0 Å². The van der Waals surface area contributed by atoms with Crippen molar-refractivity contribution in [2.75, 3.05) is 11.9 Å². The summed E-state index contributed by atoms with van der Waals surface area (Å²) in [5, 5.41) is 3.06. The first kappa shape index (κ1) is 13.9. The summed E-state index contributed by atoms with van der Waals surface area (Å²) in [6.07, 6.45) is 0.470. The molecule has 0 aliphatic rings. The number of benzene rings is 1. The summed E-state index contributed by atoms with van der Waals surface area (Å²) < 4.78 is 4.86. The number of hydrogen-bond acceptors (Lipinski definition) is 4. The van der Waals surface area contributed by atoms with Crippen LogP contribution in [-0.2, 0) is 9.53 Å². The number of thiocarbonyl (C=S) groups is 1. The molecule has 0 unspecified atom stereocenters. The Labute approximate surface area is 110 Å². The minimum absolute atomic E-state index is 0.242. The number of hydrogen-bond donors (Lipinski definition) is 3. The summed E-state index contributed by atoms with van der Waals surface area (Å²) in [6.45, 7) is 2.09. The molecule has 0 aliphatic heterocycles. The molecular formula is C11H13N3O3S. The molecule has 0 aromatic heterocycles. The van der Waals surface area contributed by atoms with Crippen molar-refractivity contribution < 1.29 is 14.3 Å². The number of carbonyl (C=O) groups excluding carboxylic acids is 2. The molecule has 0 saturated carbocycles. The fraction of sp³-hybridized carbons (Fsp3) is 0.182. The molecule has 0 aliphatic carbocycles. The van der Waals surface area contributed by atoms with Gasteiger partial charge in [-0.1, -0.05) is 0 Å². The maximum atomic E-state index is 11.4. The molecule has 7 heteroatoms. The quantitative estimate of drug-likeness (QED) is 0.317. The second-order valence-corrected chi connectivity index (χ2v) is 3.55. The van der Waals surface area contributed by atoms with E-state index in [1.165, 1.54) is 0 Å². The number of esters is 1. The van der Waals surface area contributed by atoms with E-state index in [0.29, 0.717) is 24.3 Å². The number of rotatable bonds is 5. The third kappa shape index (κ3) is 4.38. The van der Waals surface area contributed by atoms with Gasteiger partial charge in [0.2, 0.25) is 6.41 Å². The van der Waals surface area contributed by atoms with Crippen molar-refractivity contribution in [1.29, 1.82) is 0 Å². The zero-order chi connectivity index (χ0) is 13.4. The Kier molecular flexibility index (Phi) is 5.59. The van der Waals surface area contributed by atoms with Gasteiger partial charge in [0.05, 0.1) is 12.2 Å². The van der Waals surface area contributed by atoms with Crippen molar-refractivity contribution in [2.24, 2.45) is 0 Å². The van der Waals surface area contributed by atoms with Crippen LogP contribution in [0.1, 0.15) is 17.3 Å². The first-order chi connectivity index (χ1) is 8.67. The topological polar surface area (TPSA) is 79.5 Å². The molecular weight excluding hydrogens is 254 g/mol. The summed E-state index contributed by atoms with van der Waals surface area (Å²) in [5.41, 5.74) is 5.81. The SMILES string of the molecule is CCOC(=O)c1ccc(NC(=S)NNC=O)cc1. The smallest absolute Gasteiger partial charge is 0.338 e. The van der Waals surface area contributed by atoms with Crippen molar-refractivity contribution in [3.63, 3.8) is 0 Å². The summed E-state index contributed by atoms with van der Waals surface area (Å²) >= 11 is 4.89. The highest BCUT2D eigenvalue weighted by Gasteiger charge is 2.05. The molecule has 1 aromatic carbocycles. The van der Waals surface area contributed by atoms with E-state index in [1.807, 2.05) is 0 Å². The van der Waals surface area contributed by atoms with Crippen molar-refractivity contribution in [2.45, 2.75) is 6.92 Å². The highest BCUT2D eigenvalue weighted by atomic mass is 32.1. The molecule has 3 N–H and O–H groups in total. The van der Waals surface area contributed by atoms with E-state index in [0.717, 1.165) is 0 Å². The van der Waals surface area contributed by atoms with Gasteiger partial charge in [-0.2, -0.15) is 0 Å². The lowest BCUT2D eigenvalue weighted by Gasteiger charge is -2.09. The average Bonchev–Trinajstić information content (AvgIpc) is 2.37. The average molecular weight is 267 g/mol. The fourth-order valence-corrected chi connectivity index (χ4v) is 1.34. The van der Waals surface area contributed by atoms with Crippen LogP contribution in [0, 0.1) is 0 Å². The van der Waals surface area contributed by atoms with E-state index in [-0.39, 0.29) is 11.1 Å². The predicted molar refractivity (Wildman–Crippen MR) is 71.0 cm³/mol. The van der Waals surface area contributed by atoms with E-state index in [2.05, 4.69) is 16.2 Å². The van der Waals surface area contributed by atoms with E-state index < -0.39 is 0 Å². The highest BCUT2D eigenvalue weighted by Crippen LogP contribution is 2.10. The first-order valence-electron chi connectivity index (χ1n) is 5.20. The molecule has 6 nitrogen and oxygen atoms in total. The first-order valence-corrected chi connectivity index (χ1v) is 5.61. The molecule has 0 bridgehead atoms. The number of amides is 1. The fourth-order valence-electron chi connectivity index (χ4n) is 1.16. The third-order valence-corrected chi connectivity index (χ3v) is 2.10. The molecule has 0 fully saturated rings. The van der Waals surface area contributed by atoms with Gasteiger partial charge >= 0.3 is 5.97 Å². The van der Waals surface area contributed by atoms with Crippen LogP contribution in [0.3, 0.4) is 0 Å². The summed E-state index contributed by atoms with van der Waals surface area (Å²) in [4.78, 5) is 21.4. The van der Waals surface area contributed by atoms with Crippen LogP contribution in [0.15, 0.2) is 24.3 Å². The zero-order valence-electron chi connectivity index (χ0n) is 9.73.